The Labute approximate surface area is 133 Å². The fourth-order valence-corrected chi connectivity index (χ4v) is 2.55. The van der Waals surface area contributed by atoms with E-state index in [0.717, 1.165) is 0 Å². The monoisotopic (exact) mass is 330 g/mol. The van der Waals surface area contributed by atoms with Gasteiger partial charge in [-0.15, -0.1) is 0 Å². The molecule has 22 heavy (non-hydrogen) atoms. The van der Waals surface area contributed by atoms with Crippen molar-refractivity contribution in [3.05, 3.63) is 17.2 Å². The molecule has 122 valence electrons. The van der Waals surface area contributed by atoms with Gasteiger partial charge >= 0.3 is 6.03 Å². The van der Waals surface area contributed by atoms with Crippen LogP contribution in [-0.4, -0.2) is 61.7 Å². The van der Waals surface area contributed by atoms with Crippen LogP contribution in [-0.2, 0) is 0 Å². The molecule has 0 unspecified atom stereocenters. The van der Waals surface area contributed by atoms with Crippen molar-refractivity contribution >= 4 is 23.3 Å². The number of benzene rings is 1. The first-order valence-corrected chi connectivity index (χ1v) is 7.05. The first-order valence-electron chi connectivity index (χ1n) is 6.68. The number of ether oxygens (including phenoxy) is 2. The van der Waals surface area contributed by atoms with Crippen molar-refractivity contribution in [2.75, 3.05) is 45.8 Å². The summed E-state index contributed by atoms with van der Waals surface area (Å²) in [6.07, 6.45) is 0. The number of nitrogens with one attached hydrogen (secondary N) is 1. The van der Waals surface area contributed by atoms with E-state index in [9.17, 15) is 15.0 Å². The molecule has 2 amide bonds. The smallest absolute Gasteiger partial charge is 0.321 e. The normalized spacial score (nSPS) is 16.0. The fourth-order valence-electron chi connectivity index (χ4n) is 2.31. The molecule has 0 aliphatic carbocycles. The van der Waals surface area contributed by atoms with Crippen LogP contribution in [0, 0.1) is 5.41 Å². The number of rotatable bonds is 5. The Kier molecular flexibility index (Phi) is 5.00. The number of likely N-dealkylation sites (tertiary alicyclic amines) is 1. The molecule has 1 aromatic rings. The lowest BCUT2D eigenvalue weighted by molar-refractivity contribution is -0.0500. The third kappa shape index (κ3) is 3.06. The lowest BCUT2D eigenvalue weighted by Crippen LogP contribution is -2.62. The summed E-state index contributed by atoms with van der Waals surface area (Å²) in [6.45, 7) is 0.256. The van der Waals surface area contributed by atoms with Crippen molar-refractivity contribution in [2.24, 2.45) is 5.41 Å². The number of aliphatic hydroxyl groups excluding tert-OH is 2. The highest BCUT2D eigenvalue weighted by Crippen LogP contribution is 2.37. The van der Waals surface area contributed by atoms with E-state index in [2.05, 4.69) is 5.32 Å². The number of carbonyl (C=O) groups excluding carboxylic acids is 1. The van der Waals surface area contributed by atoms with Gasteiger partial charge < -0.3 is 29.9 Å². The van der Waals surface area contributed by atoms with E-state index in [-0.39, 0.29) is 32.3 Å². The first kappa shape index (κ1) is 16.7. The minimum Gasteiger partial charge on any atom is -0.495 e. The number of hydrogen-bond acceptors (Lipinski definition) is 5. The van der Waals surface area contributed by atoms with Gasteiger partial charge in [-0.3, -0.25) is 0 Å². The minimum atomic E-state index is -0.612. The summed E-state index contributed by atoms with van der Waals surface area (Å²) < 4.78 is 10.3. The molecule has 1 aliphatic heterocycles. The zero-order chi connectivity index (χ0) is 16.3. The van der Waals surface area contributed by atoms with E-state index in [1.54, 1.807) is 12.1 Å². The van der Waals surface area contributed by atoms with E-state index in [4.69, 9.17) is 21.1 Å². The van der Waals surface area contributed by atoms with Crippen LogP contribution in [0.2, 0.25) is 5.02 Å². The minimum absolute atomic E-state index is 0.162. The SMILES string of the molecule is COc1cc(OC)c(NC(=O)N2CC(CO)(CO)C2)cc1Cl. The Morgan fingerprint density at radius 2 is 1.86 bits per heavy atom. The summed E-state index contributed by atoms with van der Waals surface area (Å²) in [5.74, 6) is 0.866. The standard InChI is InChI=1S/C14H19ClN2O5/c1-21-11-4-12(22-2)10(3-9(11)15)16-13(20)17-5-14(6-17,7-18)8-19/h3-4,18-19H,5-8H2,1-2H3,(H,16,20). The van der Waals surface area contributed by atoms with Gasteiger partial charge in [0.05, 0.1) is 43.6 Å². The summed E-state index contributed by atoms with van der Waals surface area (Å²) in [4.78, 5) is 13.7. The molecule has 0 aromatic heterocycles. The number of carbonyl (C=O) groups is 1. The summed E-state index contributed by atoms with van der Waals surface area (Å²) >= 11 is 6.05. The molecule has 0 bridgehead atoms. The molecule has 0 spiro atoms. The van der Waals surface area contributed by atoms with Crippen LogP contribution in [0.5, 0.6) is 11.5 Å². The van der Waals surface area contributed by atoms with Crippen LogP contribution in [0.25, 0.3) is 0 Å². The van der Waals surface area contributed by atoms with E-state index in [1.807, 2.05) is 0 Å². The number of hydrogen-bond donors (Lipinski definition) is 3. The molecule has 7 nitrogen and oxygen atoms in total. The molecule has 0 radical (unpaired) electrons. The topological polar surface area (TPSA) is 91.3 Å². The van der Waals surface area contributed by atoms with Crippen LogP contribution in [0.15, 0.2) is 12.1 Å². The lowest BCUT2D eigenvalue weighted by atomic mass is 9.82. The fraction of sp³-hybridized carbons (Fsp3) is 0.500. The number of urea groups is 1. The predicted molar refractivity (Wildman–Crippen MR) is 81.8 cm³/mol. The quantitative estimate of drug-likeness (QED) is 0.754. The van der Waals surface area contributed by atoms with Crippen LogP contribution in [0.1, 0.15) is 0 Å². The third-order valence-corrected chi connectivity index (χ3v) is 4.02. The summed E-state index contributed by atoms with van der Waals surface area (Å²) in [5.41, 5.74) is -0.192. The van der Waals surface area contributed by atoms with Gasteiger partial charge in [0.2, 0.25) is 0 Å². The number of halogens is 1. The van der Waals surface area contributed by atoms with Crippen molar-refractivity contribution in [1.29, 1.82) is 0 Å². The predicted octanol–water partition coefficient (Wildman–Crippen LogP) is 1.18. The van der Waals surface area contributed by atoms with E-state index in [1.165, 1.54) is 19.1 Å². The second-order valence-electron chi connectivity index (χ2n) is 5.29. The highest BCUT2D eigenvalue weighted by Gasteiger charge is 2.44. The average Bonchev–Trinajstić information content (AvgIpc) is 2.47. The molecule has 3 N–H and O–H groups in total. The van der Waals surface area contributed by atoms with Crippen LogP contribution in [0.4, 0.5) is 10.5 Å². The van der Waals surface area contributed by atoms with E-state index < -0.39 is 5.41 Å². The second kappa shape index (κ2) is 6.60. The molecule has 1 aromatic carbocycles. The number of methoxy groups -OCH3 is 2. The maximum atomic E-state index is 12.2. The molecule has 8 heteroatoms. The number of nitrogens with zero attached hydrogens (tertiary/aromatic N) is 1. The highest BCUT2D eigenvalue weighted by molar-refractivity contribution is 6.32. The molecule has 0 atom stereocenters. The van der Waals surface area contributed by atoms with E-state index in [0.29, 0.717) is 22.2 Å². The lowest BCUT2D eigenvalue weighted by Gasteiger charge is -2.47. The zero-order valence-electron chi connectivity index (χ0n) is 12.4. The van der Waals surface area contributed by atoms with Gasteiger partial charge in [0.25, 0.3) is 0 Å². The molecule has 1 aliphatic rings. The van der Waals surface area contributed by atoms with E-state index >= 15 is 0 Å². The van der Waals surface area contributed by atoms with Gasteiger partial charge in [0.15, 0.2) is 0 Å². The third-order valence-electron chi connectivity index (χ3n) is 3.73. The van der Waals surface area contributed by atoms with Crippen molar-refractivity contribution in [3.63, 3.8) is 0 Å². The van der Waals surface area contributed by atoms with Crippen molar-refractivity contribution in [1.82, 2.24) is 4.90 Å². The summed E-state index contributed by atoms with van der Waals surface area (Å²) in [7, 11) is 2.97. The van der Waals surface area contributed by atoms with Gasteiger partial charge in [-0.05, 0) is 6.07 Å². The van der Waals surface area contributed by atoms with Gasteiger partial charge in [-0.1, -0.05) is 11.6 Å². The Morgan fingerprint density at radius 3 is 2.36 bits per heavy atom. The average molecular weight is 331 g/mol. The largest absolute Gasteiger partial charge is 0.495 e. The molecule has 0 saturated carbocycles. The number of aliphatic hydroxyl groups is 2. The summed E-state index contributed by atoms with van der Waals surface area (Å²) in [6, 6.07) is 2.78. The van der Waals surface area contributed by atoms with Crippen LogP contribution < -0.4 is 14.8 Å². The molecule has 2 rings (SSSR count). The number of amides is 2. The Balaban J connectivity index is 2.08. The van der Waals surface area contributed by atoms with Crippen LogP contribution >= 0.6 is 11.6 Å². The highest BCUT2D eigenvalue weighted by atomic mass is 35.5. The maximum absolute atomic E-state index is 12.2. The summed E-state index contributed by atoms with van der Waals surface area (Å²) in [5, 5.41) is 21.5. The maximum Gasteiger partial charge on any atom is 0.321 e. The van der Waals surface area contributed by atoms with Crippen molar-refractivity contribution < 1.29 is 24.5 Å². The Hall–Kier alpha value is -1.70. The molecular formula is C14H19ClN2O5. The molecule has 1 fully saturated rings. The van der Waals surface area contributed by atoms with Crippen molar-refractivity contribution in [3.8, 4) is 11.5 Å². The van der Waals surface area contributed by atoms with Gasteiger partial charge in [0, 0.05) is 19.2 Å². The second-order valence-corrected chi connectivity index (χ2v) is 5.70. The van der Waals surface area contributed by atoms with Gasteiger partial charge in [-0.2, -0.15) is 0 Å². The van der Waals surface area contributed by atoms with Crippen LogP contribution in [0.3, 0.4) is 0 Å². The molecule has 1 heterocycles. The first-order chi connectivity index (χ1) is 10.5. The zero-order valence-corrected chi connectivity index (χ0v) is 13.2. The Morgan fingerprint density at radius 1 is 1.27 bits per heavy atom. The Bertz CT molecular complexity index is 554. The molecular weight excluding hydrogens is 312 g/mol. The van der Waals surface area contributed by atoms with Gasteiger partial charge in [-0.25, -0.2) is 4.79 Å². The number of anilines is 1. The van der Waals surface area contributed by atoms with Crippen molar-refractivity contribution in [2.45, 2.75) is 0 Å². The van der Waals surface area contributed by atoms with Gasteiger partial charge in [0.1, 0.15) is 11.5 Å². The molecule has 1 saturated heterocycles.